The van der Waals surface area contributed by atoms with Crippen molar-refractivity contribution in [3.8, 4) is 0 Å². The molecule has 37 heavy (non-hydrogen) atoms. The van der Waals surface area contributed by atoms with E-state index in [2.05, 4.69) is 82.7 Å². The Kier molecular flexibility index (Phi) is 8.31. The van der Waals surface area contributed by atoms with E-state index in [1.54, 1.807) is 17.8 Å². The zero-order valence-corrected chi connectivity index (χ0v) is 26.3. The van der Waals surface area contributed by atoms with Crippen LogP contribution in [0, 0.1) is 0 Å². The van der Waals surface area contributed by atoms with E-state index in [0.29, 0.717) is 17.8 Å². The Hall–Kier alpha value is -1.87. The maximum atomic E-state index is 12.6. The van der Waals surface area contributed by atoms with E-state index in [0.717, 1.165) is 0 Å². The standard InChI is InChI=1S/C25H45N5O5Si2/c1-12-17(31)34-20-19(35-37(10,11)25(5,6)7)16(13-32-36(8,9)24(2,3)4)33-23(20)30-15-29-18-21(26)27-14-28-22(18)30/h14-16,19-20,23H,12-13H2,1-11H3,(H2,26,27,28)/t16-,19-,20+,23-/m1/s1. The summed E-state index contributed by atoms with van der Waals surface area (Å²) in [6.45, 7) is 24.1. The van der Waals surface area contributed by atoms with Crippen LogP contribution in [0.3, 0.4) is 0 Å². The van der Waals surface area contributed by atoms with Gasteiger partial charge in [-0.2, -0.15) is 0 Å². The number of aromatic nitrogens is 4. The Bertz CT molecular complexity index is 1110. The van der Waals surface area contributed by atoms with E-state index in [9.17, 15) is 4.79 Å². The number of imidazole rings is 1. The summed E-state index contributed by atoms with van der Waals surface area (Å²) in [5.41, 5.74) is 7.01. The predicted molar refractivity (Wildman–Crippen MR) is 149 cm³/mol. The number of nitrogens with zero attached hydrogens (tertiary/aromatic N) is 4. The minimum absolute atomic E-state index is 0.0316. The molecule has 0 amide bonds. The Morgan fingerprint density at radius 3 is 2.22 bits per heavy atom. The highest BCUT2D eigenvalue weighted by Gasteiger charge is 2.53. The summed E-state index contributed by atoms with van der Waals surface area (Å²) in [6.07, 6.45) is 0.816. The van der Waals surface area contributed by atoms with Crippen LogP contribution in [0.15, 0.2) is 12.7 Å². The molecule has 2 N–H and O–H groups in total. The molecule has 0 radical (unpaired) electrons. The maximum absolute atomic E-state index is 12.6. The van der Waals surface area contributed by atoms with Crippen LogP contribution >= 0.6 is 0 Å². The van der Waals surface area contributed by atoms with Crippen molar-refractivity contribution in [3.05, 3.63) is 12.7 Å². The number of esters is 1. The molecule has 1 saturated heterocycles. The molecule has 0 spiro atoms. The van der Waals surface area contributed by atoms with Gasteiger partial charge < -0.3 is 24.1 Å². The summed E-state index contributed by atoms with van der Waals surface area (Å²) in [7, 11) is -4.38. The van der Waals surface area contributed by atoms with Gasteiger partial charge in [0.1, 0.15) is 24.1 Å². The van der Waals surface area contributed by atoms with Crippen LogP contribution in [0.25, 0.3) is 11.2 Å². The summed E-state index contributed by atoms with van der Waals surface area (Å²) in [5.74, 6) is -0.0531. The van der Waals surface area contributed by atoms with Gasteiger partial charge in [0.2, 0.25) is 0 Å². The molecule has 1 aliphatic heterocycles. The first-order chi connectivity index (χ1) is 16.9. The average molecular weight is 552 g/mol. The van der Waals surface area contributed by atoms with Crippen LogP contribution in [-0.4, -0.2) is 67.0 Å². The third-order valence-electron chi connectivity index (χ3n) is 8.15. The Balaban J connectivity index is 2.07. The molecule has 4 atom stereocenters. The number of hydrogen-bond donors (Lipinski definition) is 1. The molecular weight excluding hydrogens is 506 g/mol. The first kappa shape index (κ1) is 29.7. The number of nitrogen functional groups attached to an aromatic ring is 1. The molecule has 1 aliphatic rings. The maximum Gasteiger partial charge on any atom is 0.306 e. The number of anilines is 1. The van der Waals surface area contributed by atoms with Crippen LogP contribution in [0.1, 0.15) is 61.1 Å². The molecule has 0 aliphatic carbocycles. The van der Waals surface area contributed by atoms with Gasteiger partial charge in [0.25, 0.3) is 0 Å². The van der Waals surface area contributed by atoms with E-state index in [1.807, 2.05) is 0 Å². The van der Waals surface area contributed by atoms with Crippen molar-refractivity contribution < 1.29 is 23.1 Å². The number of carbonyl (C=O) groups is 1. The van der Waals surface area contributed by atoms with Gasteiger partial charge in [-0.25, -0.2) is 15.0 Å². The smallest absolute Gasteiger partial charge is 0.306 e. The van der Waals surface area contributed by atoms with Gasteiger partial charge in [-0.15, -0.1) is 0 Å². The van der Waals surface area contributed by atoms with Crippen LogP contribution in [0.5, 0.6) is 0 Å². The highest BCUT2D eigenvalue weighted by atomic mass is 28.4. The van der Waals surface area contributed by atoms with Crippen molar-refractivity contribution in [1.29, 1.82) is 0 Å². The molecule has 0 bridgehead atoms. The van der Waals surface area contributed by atoms with Crippen LogP contribution in [0.4, 0.5) is 5.82 Å². The van der Waals surface area contributed by atoms with Gasteiger partial charge in [0.05, 0.1) is 12.9 Å². The fourth-order valence-electron chi connectivity index (χ4n) is 3.65. The lowest BCUT2D eigenvalue weighted by Gasteiger charge is -2.41. The molecule has 0 aromatic carbocycles. The molecule has 10 nitrogen and oxygen atoms in total. The number of rotatable bonds is 8. The minimum Gasteiger partial charge on any atom is -0.455 e. The Morgan fingerprint density at radius 2 is 1.65 bits per heavy atom. The van der Waals surface area contributed by atoms with Crippen molar-refractivity contribution in [2.24, 2.45) is 0 Å². The third kappa shape index (κ3) is 6.08. The zero-order valence-electron chi connectivity index (χ0n) is 24.3. The predicted octanol–water partition coefficient (Wildman–Crippen LogP) is 5.04. The molecule has 2 aromatic rings. The van der Waals surface area contributed by atoms with E-state index in [-0.39, 0.29) is 28.3 Å². The van der Waals surface area contributed by atoms with Gasteiger partial charge in [-0.3, -0.25) is 9.36 Å². The van der Waals surface area contributed by atoms with E-state index in [1.165, 1.54) is 6.33 Å². The summed E-state index contributed by atoms with van der Waals surface area (Å²) in [5, 5.41) is -0.0253. The Morgan fingerprint density at radius 1 is 1.03 bits per heavy atom. The number of ether oxygens (including phenoxy) is 2. The number of carbonyl (C=O) groups excluding carboxylic acids is 1. The monoisotopic (exact) mass is 551 g/mol. The fraction of sp³-hybridized carbons (Fsp3) is 0.760. The van der Waals surface area contributed by atoms with Gasteiger partial charge >= 0.3 is 5.97 Å². The van der Waals surface area contributed by atoms with Crippen molar-refractivity contribution in [3.63, 3.8) is 0 Å². The van der Waals surface area contributed by atoms with Crippen molar-refractivity contribution >= 4 is 39.6 Å². The van der Waals surface area contributed by atoms with E-state index < -0.39 is 41.2 Å². The number of nitrogens with two attached hydrogens (primary N) is 1. The van der Waals surface area contributed by atoms with Gasteiger partial charge in [0, 0.05) is 6.42 Å². The van der Waals surface area contributed by atoms with Crippen LogP contribution in [0.2, 0.25) is 36.3 Å². The quantitative estimate of drug-likeness (QED) is 0.355. The second-order valence-electron chi connectivity index (χ2n) is 12.9. The summed E-state index contributed by atoms with van der Waals surface area (Å²) in [4.78, 5) is 25.5. The normalized spacial score (nSPS) is 23.5. The first-order valence-electron chi connectivity index (χ1n) is 13.0. The molecule has 3 heterocycles. The molecular formula is C25H45N5O5Si2. The molecule has 3 rings (SSSR count). The highest BCUT2D eigenvalue weighted by molar-refractivity contribution is 6.74. The lowest BCUT2D eigenvalue weighted by molar-refractivity contribution is -0.157. The minimum atomic E-state index is -2.29. The molecule has 0 unspecified atom stereocenters. The summed E-state index contributed by atoms with van der Waals surface area (Å²) >= 11 is 0. The first-order valence-corrected chi connectivity index (χ1v) is 18.8. The number of hydrogen-bond acceptors (Lipinski definition) is 9. The van der Waals surface area contributed by atoms with E-state index in [4.69, 9.17) is 24.1 Å². The molecule has 208 valence electrons. The van der Waals surface area contributed by atoms with Crippen molar-refractivity contribution in [2.45, 2.75) is 116 Å². The average Bonchev–Trinajstić information content (AvgIpc) is 3.33. The molecule has 2 aromatic heterocycles. The third-order valence-corrected chi connectivity index (χ3v) is 17.1. The SMILES string of the molecule is CCC(=O)O[C@H]1[C@H](O[Si](C)(C)C(C)(C)C)[C@@H](CO[Si](C)(C)C(C)(C)C)O[C@H]1n1cnc2c(N)ncnc21. The second kappa shape index (κ2) is 10.4. The Labute approximate surface area is 222 Å². The highest BCUT2D eigenvalue weighted by Crippen LogP contribution is 2.44. The van der Waals surface area contributed by atoms with Crippen LogP contribution in [-0.2, 0) is 23.1 Å². The number of fused-ring (bicyclic) bond motifs is 1. The lowest BCUT2D eigenvalue weighted by atomic mass is 10.1. The molecule has 12 heteroatoms. The van der Waals surface area contributed by atoms with Crippen molar-refractivity contribution in [1.82, 2.24) is 19.5 Å². The van der Waals surface area contributed by atoms with Crippen molar-refractivity contribution in [2.75, 3.05) is 12.3 Å². The second-order valence-corrected chi connectivity index (χ2v) is 22.4. The van der Waals surface area contributed by atoms with E-state index >= 15 is 0 Å². The lowest BCUT2D eigenvalue weighted by Crippen LogP contribution is -2.51. The largest absolute Gasteiger partial charge is 0.455 e. The van der Waals surface area contributed by atoms with Crippen LogP contribution < -0.4 is 5.73 Å². The van der Waals surface area contributed by atoms with Gasteiger partial charge in [-0.1, -0.05) is 48.5 Å². The zero-order chi connectivity index (χ0) is 28.0. The van der Waals surface area contributed by atoms with Gasteiger partial charge in [-0.05, 0) is 36.3 Å². The molecule has 0 saturated carbocycles. The van der Waals surface area contributed by atoms with Gasteiger partial charge in [0.15, 0.2) is 40.4 Å². The fourth-order valence-corrected chi connectivity index (χ4v) is 5.98. The summed E-state index contributed by atoms with van der Waals surface area (Å²) in [6, 6.07) is 0. The topological polar surface area (TPSA) is 124 Å². The molecule has 1 fully saturated rings. The summed E-state index contributed by atoms with van der Waals surface area (Å²) < 4.78 is 28.0.